The van der Waals surface area contributed by atoms with Crippen molar-refractivity contribution in [1.82, 2.24) is 9.97 Å². The summed E-state index contributed by atoms with van der Waals surface area (Å²) >= 11 is 1.60. The molecule has 4 nitrogen and oxygen atoms in total. The third-order valence-electron chi connectivity index (χ3n) is 3.40. The molecule has 0 radical (unpaired) electrons. The Bertz CT molecular complexity index is 619. The number of aromatic nitrogens is 2. The Morgan fingerprint density at radius 3 is 2.75 bits per heavy atom. The predicted octanol–water partition coefficient (Wildman–Crippen LogP) is 3.29. The average Bonchev–Trinajstić information content (AvgIpc) is 2.79. The van der Waals surface area contributed by atoms with E-state index < -0.39 is 0 Å². The van der Waals surface area contributed by atoms with Crippen LogP contribution >= 0.6 is 11.3 Å². The molecule has 0 aliphatic heterocycles. The Labute approximate surface area is 122 Å². The van der Waals surface area contributed by atoms with Gasteiger partial charge in [0.2, 0.25) is 0 Å². The lowest BCUT2D eigenvalue weighted by molar-refractivity contribution is 0.102. The maximum absolute atomic E-state index is 12.2. The van der Waals surface area contributed by atoms with Crippen LogP contribution < -0.4 is 5.32 Å². The molecule has 2 aromatic heterocycles. The summed E-state index contributed by atoms with van der Waals surface area (Å²) in [7, 11) is 0. The number of anilines is 1. The number of rotatable bonds is 2. The highest BCUT2D eigenvalue weighted by molar-refractivity contribution is 7.15. The van der Waals surface area contributed by atoms with Crippen molar-refractivity contribution >= 4 is 22.4 Å². The van der Waals surface area contributed by atoms with Crippen LogP contribution in [0.5, 0.6) is 0 Å². The molecular weight excluding hydrogens is 270 g/mol. The van der Waals surface area contributed by atoms with E-state index >= 15 is 0 Å². The first-order valence-corrected chi connectivity index (χ1v) is 7.69. The predicted molar refractivity (Wildman–Crippen MR) is 80.4 cm³/mol. The van der Waals surface area contributed by atoms with E-state index in [2.05, 4.69) is 15.3 Å². The van der Waals surface area contributed by atoms with Crippen molar-refractivity contribution in [2.75, 3.05) is 5.32 Å². The Balaban J connectivity index is 1.80. The minimum absolute atomic E-state index is 0.178. The normalized spacial score (nSPS) is 13.9. The van der Waals surface area contributed by atoms with Gasteiger partial charge in [-0.15, -0.1) is 11.3 Å². The van der Waals surface area contributed by atoms with Crippen molar-refractivity contribution in [3.63, 3.8) is 0 Å². The SMILES string of the molecule is Cc1cc(C)nc(C(=O)Nc2nc3c(s2)CCCC3)c1. The number of amides is 1. The highest BCUT2D eigenvalue weighted by Crippen LogP contribution is 2.29. The molecule has 1 amide bonds. The van der Waals surface area contributed by atoms with Crippen LogP contribution in [0.2, 0.25) is 0 Å². The van der Waals surface area contributed by atoms with E-state index in [9.17, 15) is 4.79 Å². The number of carbonyl (C=O) groups is 1. The molecule has 20 heavy (non-hydrogen) atoms. The lowest BCUT2D eigenvalue weighted by Gasteiger charge is -2.06. The molecule has 0 unspecified atom stereocenters. The summed E-state index contributed by atoms with van der Waals surface area (Å²) in [5, 5.41) is 3.57. The number of fused-ring (bicyclic) bond motifs is 1. The highest BCUT2D eigenvalue weighted by Gasteiger charge is 2.17. The third-order valence-corrected chi connectivity index (χ3v) is 4.47. The van der Waals surface area contributed by atoms with Gasteiger partial charge < -0.3 is 0 Å². The summed E-state index contributed by atoms with van der Waals surface area (Å²) in [6.45, 7) is 3.86. The lowest BCUT2D eigenvalue weighted by atomic mass is 10.0. The minimum Gasteiger partial charge on any atom is -0.296 e. The van der Waals surface area contributed by atoms with Crippen molar-refractivity contribution in [2.45, 2.75) is 39.5 Å². The molecule has 0 fully saturated rings. The van der Waals surface area contributed by atoms with Gasteiger partial charge in [0, 0.05) is 10.6 Å². The Morgan fingerprint density at radius 2 is 2.00 bits per heavy atom. The topological polar surface area (TPSA) is 54.9 Å². The van der Waals surface area contributed by atoms with Crippen LogP contribution in [0.25, 0.3) is 0 Å². The van der Waals surface area contributed by atoms with E-state index in [1.54, 1.807) is 17.4 Å². The molecule has 2 heterocycles. The van der Waals surface area contributed by atoms with Gasteiger partial charge in [-0.2, -0.15) is 0 Å². The first kappa shape index (κ1) is 13.2. The summed E-state index contributed by atoms with van der Waals surface area (Å²) in [4.78, 5) is 22.3. The van der Waals surface area contributed by atoms with E-state index in [1.807, 2.05) is 19.9 Å². The monoisotopic (exact) mass is 287 g/mol. The van der Waals surface area contributed by atoms with E-state index in [4.69, 9.17) is 0 Å². The zero-order valence-corrected chi connectivity index (χ0v) is 12.5. The van der Waals surface area contributed by atoms with Crippen LogP contribution in [0.3, 0.4) is 0 Å². The molecule has 1 N–H and O–H groups in total. The fourth-order valence-corrected chi connectivity index (χ4v) is 3.57. The van der Waals surface area contributed by atoms with Crippen molar-refractivity contribution < 1.29 is 4.79 Å². The number of hydrogen-bond donors (Lipinski definition) is 1. The van der Waals surface area contributed by atoms with Gasteiger partial charge in [0.1, 0.15) is 5.69 Å². The number of nitrogens with zero attached hydrogens (tertiary/aromatic N) is 2. The van der Waals surface area contributed by atoms with Gasteiger partial charge in [0.15, 0.2) is 5.13 Å². The number of hydrogen-bond acceptors (Lipinski definition) is 4. The quantitative estimate of drug-likeness (QED) is 0.922. The van der Waals surface area contributed by atoms with Crippen LogP contribution in [0, 0.1) is 13.8 Å². The molecule has 104 valence electrons. The summed E-state index contributed by atoms with van der Waals surface area (Å²) in [5.41, 5.74) is 3.51. The second kappa shape index (κ2) is 5.32. The van der Waals surface area contributed by atoms with Crippen LogP contribution in [-0.4, -0.2) is 15.9 Å². The summed E-state index contributed by atoms with van der Waals surface area (Å²) < 4.78 is 0. The second-order valence-electron chi connectivity index (χ2n) is 5.22. The van der Waals surface area contributed by atoms with Crippen molar-refractivity contribution in [3.8, 4) is 0 Å². The van der Waals surface area contributed by atoms with Crippen molar-refractivity contribution in [2.24, 2.45) is 0 Å². The minimum atomic E-state index is -0.178. The Kier molecular flexibility index (Phi) is 3.53. The van der Waals surface area contributed by atoms with Crippen molar-refractivity contribution in [1.29, 1.82) is 0 Å². The van der Waals surface area contributed by atoms with Crippen LogP contribution in [0.1, 0.15) is 45.2 Å². The number of thiazole rings is 1. The van der Waals surface area contributed by atoms with Gasteiger partial charge in [-0.25, -0.2) is 9.97 Å². The van der Waals surface area contributed by atoms with Gasteiger partial charge >= 0.3 is 0 Å². The second-order valence-corrected chi connectivity index (χ2v) is 6.30. The fraction of sp³-hybridized carbons (Fsp3) is 0.400. The summed E-state index contributed by atoms with van der Waals surface area (Å²) in [5.74, 6) is -0.178. The van der Waals surface area contributed by atoms with Gasteiger partial charge in [-0.05, 0) is 57.2 Å². The Hall–Kier alpha value is -1.75. The molecule has 1 aliphatic rings. The molecule has 1 aliphatic carbocycles. The lowest BCUT2D eigenvalue weighted by Crippen LogP contribution is -2.14. The molecule has 0 saturated carbocycles. The fourth-order valence-electron chi connectivity index (χ4n) is 2.52. The number of carbonyl (C=O) groups excluding carboxylic acids is 1. The smallest absolute Gasteiger partial charge is 0.276 e. The first-order valence-electron chi connectivity index (χ1n) is 6.87. The zero-order chi connectivity index (χ0) is 14.1. The number of nitrogens with one attached hydrogen (secondary N) is 1. The number of pyridine rings is 1. The van der Waals surface area contributed by atoms with Gasteiger partial charge in [0.05, 0.1) is 5.69 Å². The van der Waals surface area contributed by atoms with Gasteiger partial charge in [0.25, 0.3) is 5.91 Å². The molecule has 0 saturated heterocycles. The molecule has 0 aromatic carbocycles. The maximum Gasteiger partial charge on any atom is 0.276 e. The molecule has 0 spiro atoms. The van der Waals surface area contributed by atoms with Gasteiger partial charge in [-0.1, -0.05) is 0 Å². The standard InChI is InChI=1S/C15H17N3OS/c1-9-7-10(2)16-12(8-9)14(19)18-15-17-11-5-3-4-6-13(11)20-15/h7-8H,3-6H2,1-2H3,(H,17,18,19). The molecule has 3 rings (SSSR count). The Morgan fingerprint density at radius 1 is 1.20 bits per heavy atom. The average molecular weight is 287 g/mol. The van der Waals surface area contributed by atoms with Crippen molar-refractivity contribution in [3.05, 3.63) is 39.7 Å². The van der Waals surface area contributed by atoms with E-state index in [-0.39, 0.29) is 5.91 Å². The van der Waals surface area contributed by atoms with Crippen LogP contribution in [-0.2, 0) is 12.8 Å². The van der Waals surface area contributed by atoms with E-state index in [0.717, 1.165) is 29.8 Å². The largest absolute Gasteiger partial charge is 0.296 e. The summed E-state index contributed by atoms with van der Waals surface area (Å²) in [6, 6.07) is 3.76. The van der Waals surface area contributed by atoms with Crippen LogP contribution in [0.4, 0.5) is 5.13 Å². The van der Waals surface area contributed by atoms with Gasteiger partial charge in [-0.3, -0.25) is 10.1 Å². The summed E-state index contributed by atoms with van der Waals surface area (Å²) in [6.07, 6.45) is 4.54. The molecule has 0 atom stereocenters. The first-order chi connectivity index (χ1) is 9.61. The molecule has 2 aromatic rings. The van der Waals surface area contributed by atoms with Crippen LogP contribution in [0.15, 0.2) is 12.1 Å². The molecular formula is C15H17N3OS. The zero-order valence-electron chi connectivity index (χ0n) is 11.7. The highest BCUT2D eigenvalue weighted by atomic mass is 32.1. The molecule has 5 heteroatoms. The van der Waals surface area contributed by atoms with E-state index in [0.29, 0.717) is 10.8 Å². The van der Waals surface area contributed by atoms with E-state index in [1.165, 1.54) is 17.7 Å². The third kappa shape index (κ3) is 2.72. The maximum atomic E-state index is 12.2. The molecule has 0 bridgehead atoms. The number of aryl methyl sites for hydroxylation is 4.